The number of fused-ring (bicyclic) bond motifs is 1. The second-order valence-electron chi connectivity index (χ2n) is 6.94. The largest absolute Gasteiger partial charge is 0.386 e. The van der Waals surface area contributed by atoms with E-state index in [9.17, 15) is 9.90 Å². The van der Waals surface area contributed by atoms with Gasteiger partial charge in [0.2, 0.25) is 5.95 Å². The first-order valence-corrected chi connectivity index (χ1v) is 9.18. The van der Waals surface area contributed by atoms with Crippen molar-refractivity contribution in [3.63, 3.8) is 0 Å². The summed E-state index contributed by atoms with van der Waals surface area (Å²) in [6.07, 6.45) is 1.29. The summed E-state index contributed by atoms with van der Waals surface area (Å²) in [6.45, 7) is 3.28. The highest BCUT2D eigenvalue weighted by Gasteiger charge is 2.26. The monoisotopic (exact) mass is 378 g/mol. The Morgan fingerprint density at radius 1 is 1.29 bits per heavy atom. The average Bonchev–Trinajstić information content (AvgIpc) is 3.12. The fourth-order valence-electron chi connectivity index (χ4n) is 3.43. The van der Waals surface area contributed by atoms with Crippen LogP contribution in [-0.4, -0.2) is 42.2 Å². The summed E-state index contributed by atoms with van der Waals surface area (Å²) in [5.74, 6) is 0.0270. The van der Waals surface area contributed by atoms with Crippen molar-refractivity contribution in [3.8, 4) is 0 Å². The van der Waals surface area contributed by atoms with E-state index in [1.807, 2.05) is 41.1 Å². The minimum absolute atomic E-state index is 0.128. The molecule has 3 N–H and O–H groups in total. The van der Waals surface area contributed by atoms with Gasteiger partial charge < -0.3 is 15.7 Å². The number of nitrogens with zero attached hydrogens (tertiary/aromatic N) is 5. The Kier molecular flexibility index (Phi) is 4.79. The van der Waals surface area contributed by atoms with Gasteiger partial charge in [-0.05, 0) is 18.6 Å². The first-order chi connectivity index (χ1) is 13.5. The molecule has 1 amide bonds. The molecular formula is C20H22N6O2. The Hall–Kier alpha value is -3.26. The number of anilines is 1. The van der Waals surface area contributed by atoms with Gasteiger partial charge >= 0.3 is 0 Å². The summed E-state index contributed by atoms with van der Waals surface area (Å²) in [6, 6.07) is 11.7. The average molecular weight is 378 g/mol. The van der Waals surface area contributed by atoms with Gasteiger partial charge in [-0.1, -0.05) is 30.3 Å². The fraction of sp³-hybridized carbons (Fsp3) is 0.300. The number of aliphatic hydroxyl groups excluding tert-OH is 1. The number of hydrogen-bond donors (Lipinski definition) is 2. The molecule has 0 aliphatic carbocycles. The van der Waals surface area contributed by atoms with E-state index in [2.05, 4.69) is 15.1 Å². The molecule has 0 fully saturated rings. The van der Waals surface area contributed by atoms with Gasteiger partial charge in [0.15, 0.2) is 0 Å². The molecule has 3 aromatic rings. The third kappa shape index (κ3) is 3.59. The van der Waals surface area contributed by atoms with Crippen molar-refractivity contribution in [3.05, 3.63) is 70.8 Å². The number of carbonyl (C=O) groups excluding carboxylic acids is 1. The summed E-state index contributed by atoms with van der Waals surface area (Å²) in [5.41, 5.74) is 9.17. The maximum Gasteiger partial charge on any atom is 0.257 e. The number of carbonyl (C=O) groups is 1. The molecule has 0 bridgehead atoms. The second kappa shape index (κ2) is 7.40. The number of nitrogen functional groups attached to an aromatic ring is 1. The van der Waals surface area contributed by atoms with Crippen molar-refractivity contribution >= 4 is 11.9 Å². The van der Waals surface area contributed by atoms with E-state index >= 15 is 0 Å². The Balaban J connectivity index is 1.49. The zero-order chi connectivity index (χ0) is 19.7. The predicted molar refractivity (Wildman–Crippen MR) is 103 cm³/mol. The molecule has 8 heteroatoms. The Labute approximate surface area is 162 Å². The minimum Gasteiger partial charge on any atom is -0.386 e. The van der Waals surface area contributed by atoms with Crippen LogP contribution in [0.4, 0.5) is 5.95 Å². The zero-order valence-electron chi connectivity index (χ0n) is 15.6. The van der Waals surface area contributed by atoms with Crippen molar-refractivity contribution in [2.24, 2.45) is 0 Å². The quantitative estimate of drug-likeness (QED) is 0.712. The summed E-state index contributed by atoms with van der Waals surface area (Å²) in [4.78, 5) is 22.6. The number of aromatic nitrogens is 4. The SMILES string of the molecule is Cc1nc(N)ncc1C(=O)N1CCn2nc([C@H](O)Cc3ccccc3)cc2C1. The number of aliphatic hydroxyl groups is 1. The Morgan fingerprint density at radius 2 is 2.07 bits per heavy atom. The molecule has 3 heterocycles. The van der Waals surface area contributed by atoms with Crippen LogP contribution in [0.25, 0.3) is 0 Å². The molecule has 0 radical (unpaired) electrons. The molecule has 8 nitrogen and oxygen atoms in total. The van der Waals surface area contributed by atoms with Crippen LogP contribution in [0.3, 0.4) is 0 Å². The van der Waals surface area contributed by atoms with Crippen molar-refractivity contribution < 1.29 is 9.90 Å². The van der Waals surface area contributed by atoms with Gasteiger partial charge in [0.25, 0.3) is 5.91 Å². The highest BCUT2D eigenvalue weighted by atomic mass is 16.3. The number of hydrogen-bond acceptors (Lipinski definition) is 6. The second-order valence-corrected chi connectivity index (χ2v) is 6.94. The first kappa shape index (κ1) is 18.1. The molecule has 0 spiro atoms. The molecule has 4 rings (SSSR count). The molecule has 1 aliphatic heterocycles. The van der Waals surface area contributed by atoms with Crippen LogP contribution < -0.4 is 5.73 Å². The number of benzene rings is 1. The molecule has 1 aromatic carbocycles. The molecule has 1 atom stereocenters. The normalized spacial score (nSPS) is 14.6. The van der Waals surface area contributed by atoms with E-state index < -0.39 is 6.10 Å². The molecule has 144 valence electrons. The number of nitrogens with two attached hydrogens (primary N) is 1. The van der Waals surface area contributed by atoms with E-state index in [4.69, 9.17) is 5.73 Å². The van der Waals surface area contributed by atoms with Crippen molar-refractivity contribution in [1.29, 1.82) is 0 Å². The van der Waals surface area contributed by atoms with Crippen molar-refractivity contribution in [2.75, 3.05) is 12.3 Å². The summed E-state index contributed by atoms with van der Waals surface area (Å²) >= 11 is 0. The third-order valence-electron chi connectivity index (χ3n) is 4.95. The molecule has 28 heavy (non-hydrogen) atoms. The van der Waals surface area contributed by atoms with Gasteiger partial charge in [-0.25, -0.2) is 9.97 Å². The van der Waals surface area contributed by atoms with Crippen LogP contribution in [0.2, 0.25) is 0 Å². The highest BCUT2D eigenvalue weighted by molar-refractivity contribution is 5.95. The first-order valence-electron chi connectivity index (χ1n) is 9.18. The van der Waals surface area contributed by atoms with Crippen LogP contribution in [0.5, 0.6) is 0 Å². The van der Waals surface area contributed by atoms with Crippen molar-refractivity contribution in [1.82, 2.24) is 24.6 Å². The molecule has 0 saturated carbocycles. The standard InChI is InChI=1S/C20H22N6O2/c1-13-16(11-22-20(21)23-13)19(28)25-7-8-26-15(12-25)10-17(24-26)18(27)9-14-5-3-2-4-6-14/h2-6,10-11,18,27H,7-9,12H2,1H3,(H2,21,22,23)/t18-/m1/s1. The minimum atomic E-state index is -0.683. The predicted octanol–water partition coefficient (Wildman–Crippen LogP) is 1.50. The molecule has 2 aromatic heterocycles. The summed E-state index contributed by atoms with van der Waals surface area (Å²) in [5, 5.41) is 15.1. The van der Waals surface area contributed by atoms with Gasteiger partial charge in [-0.3, -0.25) is 9.48 Å². The maximum absolute atomic E-state index is 12.8. The van der Waals surface area contributed by atoms with Crippen LogP contribution in [0, 0.1) is 6.92 Å². The summed E-state index contributed by atoms with van der Waals surface area (Å²) < 4.78 is 1.86. The zero-order valence-corrected chi connectivity index (χ0v) is 15.6. The van der Waals surface area contributed by atoms with Gasteiger partial charge in [-0.15, -0.1) is 0 Å². The van der Waals surface area contributed by atoms with Crippen LogP contribution >= 0.6 is 0 Å². The van der Waals surface area contributed by atoms with Gasteiger partial charge in [0, 0.05) is 19.2 Å². The van der Waals surface area contributed by atoms with E-state index in [-0.39, 0.29) is 11.9 Å². The lowest BCUT2D eigenvalue weighted by Gasteiger charge is -2.28. The molecule has 0 saturated heterocycles. The summed E-state index contributed by atoms with van der Waals surface area (Å²) in [7, 11) is 0. The smallest absolute Gasteiger partial charge is 0.257 e. The van der Waals surface area contributed by atoms with Gasteiger partial charge in [0.05, 0.1) is 35.7 Å². The highest BCUT2D eigenvalue weighted by Crippen LogP contribution is 2.22. The lowest BCUT2D eigenvalue weighted by atomic mass is 10.1. The van der Waals surface area contributed by atoms with Gasteiger partial charge in [0.1, 0.15) is 6.10 Å². The molecule has 0 unspecified atom stereocenters. The van der Waals surface area contributed by atoms with Crippen LogP contribution in [0.15, 0.2) is 42.6 Å². The van der Waals surface area contributed by atoms with Gasteiger partial charge in [-0.2, -0.15) is 5.10 Å². The maximum atomic E-state index is 12.8. The van der Waals surface area contributed by atoms with Crippen LogP contribution in [0.1, 0.15) is 39.1 Å². The number of amides is 1. The van der Waals surface area contributed by atoms with E-state index in [0.29, 0.717) is 43.0 Å². The number of rotatable bonds is 4. The molecular weight excluding hydrogens is 356 g/mol. The van der Waals surface area contributed by atoms with E-state index in [1.165, 1.54) is 6.20 Å². The van der Waals surface area contributed by atoms with E-state index in [0.717, 1.165) is 11.3 Å². The number of aryl methyl sites for hydroxylation is 1. The third-order valence-corrected chi connectivity index (χ3v) is 4.95. The lowest BCUT2D eigenvalue weighted by Crippen LogP contribution is -2.38. The Bertz CT molecular complexity index is 1000. The fourth-order valence-corrected chi connectivity index (χ4v) is 3.43. The molecule has 1 aliphatic rings. The topological polar surface area (TPSA) is 110 Å². The van der Waals surface area contributed by atoms with E-state index in [1.54, 1.807) is 11.8 Å². The van der Waals surface area contributed by atoms with Crippen molar-refractivity contribution in [2.45, 2.75) is 32.5 Å². The Morgan fingerprint density at radius 3 is 2.82 bits per heavy atom. The lowest BCUT2D eigenvalue weighted by molar-refractivity contribution is 0.0704. The van der Waals surface area contributed by atoms with Crippen LogP contribution in [-0.2, 0) is 19.5 Å².